The van der Waals surface area contributed by atoms with Crippen molar-refractivity contribution in [3.63, 3.8) is 0 Å². The molecule has 0 saturated heterocycles. The van der Waals surface area contributed by atoms with Gasteiger partial charge in [-0.15, -0.1) is 11.6 Å². The first-order chi connectivity index (χ1) is 4.74. The molecule has 0 bridgehead atoms. The van der Waals surface area contributed by atoms with Gasteiger partial charge in [-0.2, -0.15) is 0 Å². The maximum absolute atomic E-state index is 5.58. The number of rotatable bonds is 1. The first-order valence-electron chi connectivity index (χ1n) is 3.24. The van der Waals surface area contributed by atoms with E-state index in [9.17, 15) is 0 Å². The van der Waals surface area contributed by atoms with Crippen molar-refractivity contribution in [1.82, 2.24) is 0 Å². The molecule has 0 aromatic heterocycles. The second-order valence-electron chi connectivity index (χ2n) is 2.47. The molecular formula is C9H10Cl. The van der Waals surface area contributed by atoms with Gasteiger partial charge in [-0.3, -0.25) is 0 Å². The van der Waals surface area contributed by atoms with Gasteiger partial charge in [-0.25, -0.2) is 0 Å². The molecule has 0 aliphatic heterocycles. The van der Waals surface area contributed by atoms with E-state index in [1.54, 1.807) is 5.88 Å². The van der Waals surface area contributed by atoms with Crippen molar-refractivity contribution < 1.29 is 0 Å². The zero-order valence-electron chi connectivity index (χ0n) is 6.19. The van der Waals surface area contributed by atoms with Crippen molar-refractivity contribution >= 4 is 11.6 Å². The Balaban J connectivity index is 3.09. The molecule has 1 heteroatoms. The topological polar surface area (TPSA) is 0 Å². The predicted molar refractivity (Wildman–Crippen MR) is 45.2 cm³/mol. The smallest absolute Gasteiger partial charge is 0.0792 e. The predicted octanol–water partition coefficient (Wildman–Crippen LogP) is 3.05. The number of halogens is 1. The van der Waals surface area contributed by atoms with Gasteiger partial charge in [0.05, 0.1) is 5.88 Å². The third-order valence-electron chi connectivity index (χ3n) is 1.55. The van der Waals surface area contributed by atoms with Crippen molar-refractivity contribution in [1.29, 1.82) is 0 Å². The summed E-state index contributed by atoms with van der Waals surface area (Å²) in [5.41, 5.74) is 3.58. The zero-order chi connectivity index (χ0) is 7.56. The minimum absolute atomic E-state index is 1.11. The van der Waals surface area contributed by atoms with Gasteiger partial charge in [0.15, 0.2) is 0 Å². The molecule has 1 rings (SSSR count). The standard InChI is InChI=1S/C9H10Cl/c1-7-3-4-8(2)9(5-7)6-10/h3-6H,1-2H3. The summed E-state index contributed by atoms with van der Waals surface area (Å²) in [7, 11) is 0. The summed E-state index contributed by atoms with van der Waals surface area (Å²) in [6, 6.07) is 6.23. The Morgan fingerprint density at radius 3 is 2.50 bits per heavy atom. The molecule has 0 heterocycles. The van der Waals surface area contributed by atoms with E-state index in [0.29, 0.717) is 0 Å². The number of hydrogen-bond donors (Lipinski definition) is 0. The van der Waals surface area contributed by atoms with Crippen molar-refractivity contribution in [3.8, 4) is 0 Å². The molecule has 0 aliphatic carbocycles. The minimum Gasteiger partial charge on any atom is -0.116 e. The van der Waals surface area contributed by atoms with E-state index in [0.717, 1.165) is 5.56 Å². The largest absolute Gasteiger partial charge is 0.116 e. The van der Waals surface area contributed by atoms with Gasteiger partial charge in [0.25, 0.3) is 0 Å². The third kappa shape index (κ3) is 1.51. The zero-order valence-corrected chi connectivity index (χ0v) is 6.94. The molecular weight excluding hydrogens is 144 g/mol. The molecule has 1 aromatic rings. The monoisotopic (exact) mass is 153 g/mol. The summed E-state index contributed by atoms with van der Waals surface area (Å²) in [4.78, 5) is 0. The Morgan fingerprint density at radius 1 is 1.30 bits per heavy atom. The van der Waals surface area contributed by atoms with Crippen molar-refractivity contribution in [2.45, 2.75) is 13.8 Å². The van der Waals surface area contributed by atoms with Crippen LogP contribution in [0, 0.1) is 19.7 Å². The Labute approximate surface area is 66.8 Å². The summed E-state index contributed by atoms with van der Waals surface area (Å²) in [6.07, 6.45) is 0. The average Bonchev–Trinajstić information content (AvgIpc) is 1.94. The SMILES string of the molecule is Cc1ccc(C)c([CH]Cl)c1. The Kier molecular flexibility index (Phi) is 2.34. The lowest BCUT2D eigenvalue weighted by Gasteiger charge is -2.00. The molecule has 1 radical (unpaired) electrons. The van der Waals surface area contributed by atoms with Gasteiger partial charge in [0, 0.05) is 0 Å². The van der Waals surface area contributed by atoms with Gasteiger partial charge in [0.1, 0.15) is 0 Å². The van der Waals surface area contributed by atoms with Crippen LogP contribution in [0.2, 0.25) is 0 Å². The number of aryl methyl sites for hydroxylation is 2. The number of benzene rings is 1. The molecule has 1 aromatic carbocycles. The van der Waals surface area contributed by atoms with Crippen LogP contribution in [-0.4, -0.2) is 0 Å². The van der Waals surface area contributed by atoms with Crippen molar-refractivity contribution in [2.24, 2.45) is 0 Å². The van der Waals surface area contributed by atoms with E-state index in [1.807, 2.05) is 6.92 Å². The quantitative estimate of drug-likeness (QED) is 0.582. The molecule has 0 aliphatic rings. The van der Waals surface area contributed by atoms with Gasteiger partial charge in [-0.05, 0) is 25.0 Å². The van der Waals surface area contributed by atoms with Crippen LogP contribution in [0.15, 0.2) is 18.2 Å². The lowest BCUT2D eigenvalue weighted by Crippen LogP contribution is -1.83. The fourth-order valence-electron chi connectivity index (χ4n) is 0.877. The summed E-state index contributed by atoms with van der Waals surface area (Å²) in [5.74, 6) is 1.61. The fourth-order valence-corrected chi connectivity index (χ4v) is 1.11. The molecule has 0 nitrogen and oxygen atoms in total. The molecule has 0 atom stereocenters. The molecule has 0 saturated carbocycles. The van der Waals surface area contributed by atoms with Gasteiger partial charge >= 0.3 is 0 Å². The maximum atomic E-state index is 5.58. The first kappa shape index (κ1) is 7.62. The van der Waals surface area contributed by atoms with Crippen LogP contribution in [-0.2, 0) is 0 Å². The van der Waals surface area contributed by atoms with Crippen LogP contribution in [0.1, 0.15) is 16.7 Å². The van der Waals surface area contributed by atoms with Crippen molar-refractivity contribution in [3.05, 3.63) is 40.8 Å². The van der Waals surface area contributed by atoms with Crippen LogP contribution >= 0.6 is 11.6 Å². The highest BCUT2D eigenvalue weighted by atomic mass is 35.5. The summed E-state index contributed by atoms with van der Waals surface area (Å²) in [6.45, 7) is 4.11. The lowest BCUT2D eigenvalue weighted by molar-refractivity contribution is 1.35. The third-order valence-corrected chi connectivity index (χ3v) is 1.79. The summed E-state index contributed by atoms with van der Waals surface area (Å²) in [5, 5.41) is 0. The molecule has 53 valence electrons. The Morgan fingerprint density at radius 2 is 2.00 bits per heavy atom. The minimum atomic E-state index is 1.11. The number of hydrogen-bond acceptors (Lipinski definition) is 0. The van der Waals surface area contributed by atoms with Gasteiger partial charge in [0.2, 0.25) is 0 Å². The molecule has 0 fully saturated rings. The second-order valence-corrected chi connectivity index (χ2v) is 2.69. The van der Waals surface area contributed by atoms with Crippen LogP contribution in [0.3, 0.4) is 0 Å². The second kappa shape index (κ2) is 3.07. The molecule has 10 heavy (non-hydrogen) atoms. The van der Waals surface area contributed by atoms with Gasteiger partial charge < -0.3 is 0 Å². The van der Waals surface area contributed by atoms with E-state index < -0.39 is 0 Å². The fraction of sp³-hybridized carbons (Fsp3) is 0.222. The van der Waals surface area contributed by atoms with Crippen LogP contribution in [0.25, 0.3) is 0 Å². The van der Waals surface area contributed by atoms with E-state index in [-0.39, 0.29) is 0 Å². The molecule has 0 spiro atoms. The van der Waals surface area contributed by atoms with Crippen LogP contribution in [0.5, 0.6) is 0 Å². The maximum Gasteiger partial charge on any atom is 0.0792 e. The highest BCUT2D eigenvalue weighted by Crippen LogP contribution is 2.13. The van der Waals surface area contributed by atoms with Crippen molar-refractivity contribution in [2.75, 3.05) is 0 Å². The van der Waals surface area contributed by atoms with E-state index in [4.69, 9.17) is 11.6 Å². The highest BCUT2D eigenvalue weighted by molar-refractivity contribution is 6.25. The van der Waals surface area contributed by atoms with Crippen LogP contribution < -0.4 is 0 Å². The van der Waals surface area contributed by atoms with E-state index in [2.05, 4.69) is 25.1 Å². The lowest BCUT2D eigenvalue weighted by atomic mass is 10.1. The highest BCUT2D eigenvalue weighted by Gasteiger charge is 1.95. The summed E-state index contributed by atoms with van der Waals surface area (Å²) >= 11 is 5.58. The normalized spacial score (nSPS) is 9.90. The van der Waals surface area contributed by atoms with Crippen LogP contribution in [0.4, 0.5) is 0 Å². The molecule has 0 amide bonds. The van der Waals surface area contributed by atoms with Gasteiger partial charge in [-0.1, -0.05) is 23.8 Å². The average molecular weight is 154 g/mol. The summed E-state index contributed by atoms with van der Waals surface area (Å²) < 4.78 is 0. The molecule has 0 unspecified atom stereocenters. The van der Waals surface area contributed by atoms with E-state index in [1.165, 1.54) is 11.1 Å². The van der Waals surface area contributed by atoms with E-state index >= 15 is 0 Å². The Hall–Kier alpha value is -0.490. The first-order valence-corrected chi connectivity index (χ1v) is 3.68. The Bertz CT molecular complexity index is 228. The molecule has 0 N–H and O–H groups in total.